The summed E-state index contributed by atoms with van der Waals surface area (Å²) in [6.07, 6.45) is 0. The number of hydrogen-bond donors (Lipinski definition) is 1. The van der Waals surface area contributed by atoms with E-state index in [0.717, 1.165) is 4.57 Å². The van der Waals surface area contributed by atoms with Crippen molar-refractivity contribution in [2.24, 2.45) is 0 Å². The number of halogens is 6. The van der Waals surface area contributed by atoms with Gasteiger partial charge in [-0.2, -0.15) is 8.78 Å². The van der Waals surface area contributed by atoms with E-state index in [1.54, 1.807) is 18.2 Å². The Bertz CT molecular complexity index is 1040. The van der Waals surface area contributed by atoms with E-state index in [2.05, 4.69) is 15.3 Å². The molecule has 1 unspecified atom stereocenters. The Labute approximate surface area is 172 Å². The molecule has 3 aromatic rings. The number of alkyl halides is 2. The lowest BCUT2D eigenvalue weighted by Gasteiger charge is -2.16. The fourth-order valence-electron chi connectivity index (χ4n) is 2.54. The van der Waals surface area contributed by atoms with Gasteiger partial charge in [0.25, 0.3) is 5.91 Å². The van der Waals surface area contributed by atoms with Crippen LogP contribution in [0.1, 0.15) is 35.8 Å². The molecule has 0 radical (unpaired) electrons. The molecule has 27 heavy (non-hydrogen) atoms. The minimum atomic E-state index is -2.84. The molecule has 1 aromatic carbocycles. The van der Waals surface area contributed by atoms with Crippen molar-refractivity contribution < 1.29 is 13.6 Å². The van der Waals surface area contributed by atoms with Crippen molar-refractivity contribution >= 4 is 63.3 Å². The van der Waals surface area contributed by atoms with E-state index in [1.165, 1.54) is 13.0 Å². The van der Waals surface area contributed by atoms with Gasteiger partial charge in [0.05, 0.1) is 32.1 Å². The van der Waals surface area contributed by atoms with Crippen LogP contribution in [0, 0.1) is 0 Å². The molecule has 0 bridgehead atoms. The van der Waals surface area contributed by atoms with E-state index >= 15 is 0 Å². The van der Waals surface area contributed by atoms with Crippen LogP contribution in [-0.2, 0) is 0 Å². The van der Waals surface area contributed by atoms with E-state index < -0.39 is 18.5 Å². The van der Waals surface area contributed by atoms with E-state index in [9.17, 15) is 13.6 Å². The third kappa shape index (κ3) is 3.69. The number of pyridine rings is 1. The van der Waals surface area contributed by atoms with Crippen LogP contribution in [0.15, 0.2) is 24.3 Å². The van der Waals surface area contributed by atoms with Gasteiger partial charge in [0, 0.05) is 0 Å². The van der Waals surface area contributed by atoms with E-state index in [1.807, 2.05) is 0 Å². The van der Waals surface area contributed by atoms with Gasteiger partial charge in [-0.25, -0.2) is 9.97 Å². The highest BCUT2D eigenvalue weighted by Crippen LogP contribution is 2.36. The first kappa shape index (κ1) is 20.1. The number of para-hydroxylation sites is 2. The maximum atomic E-state index is 13.6. The number of fused-ring (bicyclic) bond motifs is 1. The standard InChI is InChI=1S/C16H10Cl4F2N4O/c1-6(14-24-7-4-2-3-5-8(7)26(14)16(21)22)23-15(27)12-10(18)9(17)11(19)13(20)25-12/h2-6,16H,1H3,(H,23,27). The summed E-state index contributed by atoms with van der Waals surface area (Å²) >= 11 is 23.6. The average molecular weight is 454 g/mol. The summed E-state index contributed by atoms with van der Waals surface area (Å²) in [6, 6.07) is 5.54. The minimum absolute atomic E-state index is 0.0261. The number of nitrogens with one attached hydrogen (secondary N) is 1. The van der Waals surface area contributed by atoms with Gasteiger partial charge >= 0.3 is 6.55 Å². The van der Waals surface area contributed by atoms with Crippen LogP contribution in [0.4, 0.5) is 8.78 Å². The lowest BCUT2D eigenvalue weighted by molar-refractivity contribution is 0.0687. The van der Waals surface area contributed by atoms with Gasteiger partial charge in [0.1, 0.15) is 16.7 Å². The summed E-state index contributed by atoms with van der Waals surface area (Å²) in [5.41, 5.74) is 0.350. The number of nitrogens with zero attached hydrogens (tertiary/aromatic N) is 3. The number of aromatic nitrogens is 3. The SMILES string of the molecule is CC(NC(=O)c1nc(Cl)c(Cl)c(Cl)c1Cl)c1nc2ccccc2n1C(F)F. The smallest absolute Gasteiger partial charge is 0.320 e. The summed E-state index contributed by atoms with van der Waals surface area (Å²) < 4.78 is 27.9. The second kappa shape index (κ2) is 7.75. The summed E-state index contributed by atoms with van der Waals surface area (Å²) in [5.74, 6) is -0.789. The fraction of sp³-hybridized carbons (Fsp3) is 0.188. The van der Waals surface area contributed by atoms with E-state index in [0.29, 0.717) is 5.52 Å². The number of hydrogen-bond acceptors (Lipinski definition) is 3. The lowest BCUT2D eigenvalue weighted by Crippen LogP contribution is -2.30. The molecule has 3 rings (SSSR count). The highest BCUT2D eigenvalue weighted by atomic mass is 35.5. The summed E-state index contributed by atoms with van der Waals surface area (Å²) in [6.45, 7) is -1.33. The Kier molecular flexibility index (Phi) is 5.76. The van der Waals surface area contributed by atoms with Crippen LogP contribution < -0.4 is 5.32 Å². The van der Waals surface area contributed by atoms with Crippen LogP contribution in [0.3, 0.4) is 0 Å². The van der Waals surface area contributed by atoms with Gasteiger partial charge in [-0.05, 0) is 19.1 Å². The monoisotopic (exact) mass is 452 g/mol. The zero-order valence-electron chi connectivity index (χ0n) is 13.5. The molecule has 0 fully saturated rings. The molecule has 5 nitrogen and oxygen atoms in total. The third-order valence-corrected chi connectivity index (χ3v) is 5.43. The molecule has 0 saturated carbocycles. The van der Waals surface area contributed by atoms with Gasteiger partial charge in [0.15, 0.2) is 0 Å². The zero-order valence-corrected chi connectivity index (χ0v) is 16.5. The van der Waals surface area contributed by atoms with Crippen LogP contribution in [0.5, 0.6) is 0 Å². The largest absolute Gasteiger partial charge is 0.341 e. The van der Waals surface area contributed by atoms with Crippen LogP contribution in [-0.4, -0.2) is 20.4 Å². The first-order valence-corrected chi connectivity index (χ1v) is 8.99. The fourth-order valence-corrected chi connectivity index (χ4v) is 3.35. The number of benzene rings is 1. The number of rotatable bonds is 4. The van der Waals surface area contributed by atoms with Crippen molar-refractivity contribution in [3.05, 3.63) is 56.0 Å². The van der Waals surface area contributed by atoms with Gasteiger partial charge in [-0.15, -0.1) is 0 Å². The molecule has 0 saturated heterocycles. The number of carbonyl (C=O) groups is 1. The molecule has 2 aromatic heterocycles. The molecule has 0 aliphatic carbocycles. The van der Waals surface area contributed by atoms with Gasteiger partial charge in [0.2, 0.25) is 0 Å². The predicted molar refractivity (Wildman–Crippen MR) is 101 cm³/mol. The van der Waals surface area contributed by atoms with Crippen LogP contribution in [0.25, 0.3) is 11.0 Å². The molecule has 0 aliphatic rings. The maximum Gasteiger partial charge on any atom is 0.320 e. The first-order valence-electron chi connectivity index (χ1n) is 7.48. The van der Waals surface area contributed by atoms with Crippen LogP contribution in [0.2, 0.25) is 20.2 Å². The molecule has 11 heteroatoms. The summed E-state index contributed by atoms with van der Waals surface area (Å²) in [5, 5.41) is 1.90. The van der Waals surface area contributed by atoms with Crippen molar-refractivity contribution in [1.29, 1.82) is 0 Å². The molecule has 0 spiro atoms. The van der Waals surface area contributed by atoms with Crippen molar-refractivity contribution in [3.63, 3.8) is 0 Å². The molecular weight excluding hydrogens is 444 g/mol. The molecule has 1 N–H and O–H groups in total. The van der Waals surface area contributed by atoms with Gasteiger partial charge < -0.3 is 5.32 Å². The normalized spacial score (nSPS) is 12.6. The van der Waals surface area contributed by atoms with E-state index in [4.69, 9.17) is 46.4 Å². The Balaban J connectivity index is 1.97. The first-order chi connectivity index (χ1) is 12.7. The highest BCUT2D eigenvalue weighted by Gasteiger charge is 2.26. The van der Waals surface area contributed by atoms with E-state index in [-0.39, 0.29) is 37.3 Å². The van der Waals surface area contributed by atoms with Crippen molar-refractivity contribution in [2.75, 3.05) is 0 Å². The van der Waals surface area contributed by atoms with Crippen molar-refractivity contribution in [1.82, 2.24) is 19.9 Å². The number of carbonyl (C=O) groups excluding carboxylic acids is 1. The molecule has 142 valence electrons. The Morgan fingerprint density at radius 3 is 2.41 bits per heavy atom. The molecule has 1 atom stereocenters. The summed E-state index contributed by atoms with van der Waals surface area (Å²) in [4.78, 5) is 20.5. The molecule has 2 heterocycles. The highest BCUT2D eigenvalue weighted by molar-refractivity contribution is 6.52. The lowest BCUT2D eigenvalue weighted by atomic mass is 10.2. The Morgan fingerprint density at radius 1 is 1.07 bits per heavy atom. The van der Waals surface area contributed by atoms with Crippen LogP contribution >= 0.6 is 46.4 Å². The number of amides is 1. The summed E-state index contributed by atoms with van der Waals surface area (Å²) in [7, 11) is 0. The molecule has 1 amide bonds. The minimum Gasteiger partial charge on any atom is -0.341 e. The van der Waals surface area contributed by atoms with Crippen molar-refractivity contribution in [2.45, 2.75) is 19.5 Å². The third-order valence-electron chi connectivity index (χ3n) is 3.75. The quantitative estimate of drug-likeness (QED) is 0.498. The average Bonchev–Trinajstić information content (AvgIpc) is 3.02. The molecular formula is C16H10Cl4F2N4O. The zero-order chi connectivity index (χ0) is 19.9. The van der Waals surface area contributed by atoms with Gasteiger partial charge in [-0.1, -0.05) is 58.5 Å². The number of imidazole rings is 1. The topological polar surface area (TPSA) is 59.8 Å². The molecule has 0 aliphatic heterocycles. The Hall–Kier alpha value is -1.67. The predicted octanol–water partition coefficient (Wildman–Crippen LogP) is 5.93. The van der Waals surface area contributed by atoms with Gasteiger partial charge in [-0.3, -0.25) is 9.36 Å². The second-order valence-electron chi connectivity index (χ2n) is 5.49. The van der Waals surface area contributed by atoms with Crippen molar-refractivity contribution in [3.8, 4) is 0 Å². The maximum absolute atomic E-state index is 13.6. The second-order valence-corrected chi connectivity index (χ2v) is 6.99. The Morgan fingerprint density at radius 2 is 1.74 bits per heavy atom.